The summed E-state index contributed by atoms with van der Waals surface area (Å²) in [6.45, 7) is 1.63. The molecule has 0 aromatic carbocycles. The Morgan fingerprint density at radius 1 is 1.61 bits per heavy atom. The van der Waals surface area contributed by atoms with Gasteiger partial charge in [0.15, 0.2) is 5.82 Å². The summed E-state index contributed by atoms with van der Waals surface area (Å²) < 4.78 is 15.1. The van der Waals surface area contributed by atoms with Crippen LogP contribution in [0.3, 0.4) is 0 Å². The first-order valence-electron chi connectivity index (χ1n) is 4.98. The van der Waals surface area contributed by atoms with E-state index in [1.54, 1.807) is 14.0 Å². The van der Waals surface area contributed by atoms with Crippen LogP contribution in [0.15, 0.2) is 10.9 Å². The molecule has 0 atom stereocenters. The third-order valence-electron chi connectivity index (χ3n) is 2.57. The zero-order chi connectivity index (χ0) is 13.4. The van der Waals surface area contributed by atoms with Crippen molar-refractivity contribution in [2.24, 2.45) is 7.05 Å². The first-order chi connectivity index (χ1) is 8.45. The number of nitrogens with zero attached hydrogens (tertiary/aromatic N) is 3. The Bertz CT molecular complexity index is 726. The lowest BCUT2D eigenvalue weighted by molar-refractivity contribution is 0.623. The molecule has 92 valence electrons. The summed E-state index contributed by atoms with van der Waals surface area (Å²) in [5.41, 5.74) is 0.355. The van der Waals surface area contributed by atoms with Gasteiger partial charge in [-0.05, 0) is 6.92 Å². The van der Waals surface area contributed by atoms with Gasteiger partial charge in [-0.1, -0.05) is 11.6 Å². The summed E-state index contributed by atoms with van der Waals surface area (Å²) in [5.74, 6) is -0.690. The first kappa shape index (κ1) is 12.3. The number of H-pyrrole nitrogens is 1. The summed E-state index contributed by atoms with van der Waals surface area (Å²) in [6, 6.07) is 2.89. The Morgan fingerprint density at radius 2 is 2.28 bits per heavy atom. The average Bonchev–Trinajstić information content (AvgIpc) is 2.59. The van der Waals surface area contributed by atoms with Gasteiger partial charge in [0.25, 0.3) is 5.56 Å². The van der Waals surface area contributed by atoms with Crippen LogP contribution in [-0.4, -0.2) is 14.8 Å². The minimum absolute atomic E-state index is 0.0704. The van der Waals surface area contributed by atoms with E-state index in [0.29, 0.717) is 11.3 Å². The number of hydrogen-bond donors (Lipinski definition) is 1. The zero-order valence-electron chi connectivity index (χ0n) is 9.58. The van der Waals surface area contributed by atoms with Crippen LogP contribution in [0, 0.1) is 24.1 Å². The number of aromatic amines is 1. The van der Waals surface area contributed by atoms with E-state index < -0.39 is 11.4 Å². The normalized spacial score (nSPS) is 10.4. The molecule has 0 saturated carbocycles. The average molecular weight is 267 g/mol. The number of rotatable bonds is 1. The highest BCUT2D eigenvalue weighted by Gasteiger charge is 2.18. The third-order valence-corrected chi connectivity index (χ3v) is 2.86. The van der Waals surface area contributed by atoms with Gasteiger partial charge in [0, 0.05) is 18.7 Å². The molecule has 0 radical (unpaired) electrons. The van der Waals surface area contributed by atoms with Gasteiger partial charge in [0.05, 0.1) is 0 Å². The van der Waals surface area contributed by atoms with Gasteiger partial charge >= 0.3 is 0 Å². The Labute approximate surface area is 106 Å². The fraction of sp³-hybridized carbons (Fsp3) is 0.182. The van der Waals surface area contributed by atoms with Crippen LogP contribution in [0.5, 0.6) is 0 Å². The van der Waals surface area contributed by atoms with Gasteiger partial charge in [0.2, 0.25) is 0 Å². The molecule has 0 bridgehead atoms. The molecule has 1 N–H and O–H groups in total. The van der Waals surface area contributed by atoms with Gasteiger partial charge in [-0.15, -0.1) is 0 Å². The topological polar surface area (TPSA) is 74.5 Å². The molecule has 0 spiro atoms. The van der Waals surface area contributed by atoms with Crippen molar-refractivity contribution in [3.63, 3.8) is 0 Å². The fourth-order valence-corrected chi connectivity index (χ4v) is 1.82. The lowest BCUT2D eigenvalue weighted by atomic mass is 10.1. The maximum atomic E-state index is 13.8. The lowest BCUT2D eigenvalue weighted by Crippen LogP contribution is -2.09. The number of pyridine rings is 1. The molecule has 18 heavy (non-hydrogen) atoms. The Morgan fingerprint density at radius 3 is 2.83 bits per heavy atom. The summed E-state index contributed by atoms with van der Waals surface area (Å²) in [6.07, 6.45) is 0. The van der Waals surface area contributed by atoms with E-state index in [1.807, 2.05) is 6.07 Å². The second-order valence-corrected chi connectivity index (χ2v) is 4.13. The van der Waals surface area contributed by atoms with E-state index in [9.17, 15) is 9.18 Å². The van der Waals surface area contributed by atoms with Gasteiger partial charge in [-0.25, -0.2) is 4.39 Å². The monoisotopic (exact) mass is 266 g/mol. The molecule has 0 fully saturated rings. The molecule has 0 aliphatic carbocycles. The van der Waals surface area contributed by atoms with Crippen molar-refractivity contribution in [1.82, 2.24) is 14.8 Å². The smallest absolute Gasteiger partial charge is 0.267 e. The van der Waals surface area contributed by atoms with Crippen molar-refractivity contribution in [2.45, 2.75) is 6.92 Å². The number of nitriles is 1. The second kappa shape index (κ2) is 4.27. The van der Waals surface area contributed by atoms with Crippen LogP contribution in [0.2, 0.25) is 5.02 Å². The Kier molecular flexibility index (Phi) is 2.93. The van der Waals surface area contributed by atoms with Crippen molar-refractivity contribution in [3.05, 3.63) is 38.5 Å². The molecular weight excluding hydrogens is 259 g/mol. The number of hydrogen-bond acceptors (Lipinski definition) is 3. The summed E-state index contributed by atoms with van der Waals surface area (Å²) in [4.78, 5) is 13.7. The van der Waals surface area contributed by atoms with Crippen LogP contribution < -0.4 is 5.56 Å². The molecule has 7 heteroatoms. The van der Waals surface area contributed by atoms with Crippen LogP contribution in [0.1, 0.15) is 11.3 Å². The van der Waals surface area contributed by atoms with Crippen molar-refractivity contribution in [1.29, 1.82) is 5.26 Å². The highest BCUT2D eigenvalue weighted by molar-refractivity contribution is 6.30. The molecule has 0 unspecified atom stereocenters. The van der Waals surface area contributed by atoms with Crippen LogP contribution in [-0.2, 0) is 7.05 Å². The van der Waals surface area contributed by atoms with Gasteiger partial charge in [-0.2, -0.15) is 10.4 Å². The van der Waals surface area contributed by atoms with Crippen LogP contribution in [0.25, 0.3) is 11.4 Å². The zero-order valence-corrected chi connectivity index (χ0v) is 10.3. The number of aryl methyl sites for hydroxylation is 1. The Hall–Kier alpha value is -2.13. The third kappa shape index (κ3) is 1.79. The highest BCUT2D eigenvalue weighted by atomic mass is 35.5. The molecular formula is C11H8ClFN4O. The minimum Gasteiger partial charge on any atom is -0.317 e. The van der Waals surface area contributed by atoms with Crippen LogP contribution >= 0.6 is 11.6 Å². The van der Waals surface area contributed by atoms with E-state index >= 15 is 0 Å². The van der Waals surface area contributed by atoms with Gasteiger partial charge in [-0.3, -0.25) is 9.48 Å². The van der Waals surface area contributed by atoms with E-state index in [-0.39, 0.29) is 16.4 Å². The predicted molar refractivity (Wildman–Crippen MR) is 63.7 cm³/mol. The summed E-state index contributed by atoms with van der Waals surface area (Å²) in [7, 11) is 1.57. The molecule has 0 aliphatic heterocycles. The maximum absolute atomic E-state index is 13.8. The number of halogens is 2. The van der Waals surface area contributed by atoms with E-state index in [2.05, 4.69) is 10.1 Å². The predicted octanol–water partition coefficient (Wildman–Crippen LogP) is 1.75. The second-order valence-electron chi connectivity index (χ2n) is 3.73. The summed E-state index contributed by atoms with van der Waals surface area (Å²) >= 11 is 5.52. The quantitative estimate of drug-likeness (QED) is 0.854. The van der Waals surface area contributed by atoms with E-state index in [1.165, 1.54) is 4.68 Å². The molecule has 2 rings (SSSR count). The summed E-state index contributed by atoms with van der Waals surface area (Å²) in [5, 5.41) is 12.7. The van der Waals surface area contributed by atoms with E-state index in [4.69, 9.17) is 16.9 Å². The maximum Gasteiger partial charge on any atom is 0.267 e. The minimum atomic E-state index is -0.690. The first-order valence-corrected chi connectivity index (χ1v) is 5.36. The SMILES string of the molecule is Cc1c(-c2[nH]c(=O)c(Cl)cc2F)nn(C)c1C#N. The standard InChI is InChI=1S/C11H8ClFN4O/c1-5-8(4-14)17(2)16-9(5)10-7(13)3-6(12)11(18)15-10/h3H,1-2H3,(H,15,18). The highest BCUT2D eigenvalue weighted by Crippen LogP contribution is 2.24. The fourth-order valence-electron chi connectivity index (χ4n) is 1.68. The van der Waals surface area contributed by atoms with E-state index in [0.717, 1.165) is 6.07 Å². The Balaban J connectivity index is 2.75. The van der Waals surface area contributed by atoms with Gasteiger partial charge < -0.3 is 4.98 Å². The van der Waals surface area contributed by atoms with Crippen LogP contribution in [0.4, 0.5) is 4.39 Å². The molecule has 2 aromatic rings. The number of aromatic nitrogens is 3. The molecule has 2 heterocycles. The molecule has 2 aromatic heterocycles. The lowest BCUT2D eigenvalue weighted by Gasteiger charge is -2.01. The van der Waals surface area contributed by atoms with Crippen molar-refractivity contribution in [2.75, 3.05) is 0 Å². The van der Waals surface area contributed by atoms with Crippen molar-refractivity contribution >= 4 is 11.6 Å². The van der Waals surface area contributed by atoms with Gasteiger partial charge in [0.1, 0.15) is 28.2 Å². The van der Waals surface area contributed by atoms with Crippen molar-refractivity contribution < 1.29 is 4.39 Å². The molecule has 0 amide bonds. The molecule has 5 nitrogen and oxygen atoms in total. The molecule has 0 aliphatic rings. The number of nitrogens with one attached hydrogen (secondary N) is 1. The van der Waals surface area contributed by atoms with Crippen molar-refractivity contribution in [3.8, 4) is 17.5 Å². The largest absolute Gasteiger partial charge is 0.317 e. The molecule has 0 saturated heterocycles.